The highest BCUT2D eigenvalue weighted by atomic mass is 35.5. The molecule has 2 heterocycles. The van der Waals surface area contributed by atoms with Crippen LogP contribution in [0, 0.1) is 0 Å². The normalized spacial score (nSPS) is 19.4. The van der Waals surface area contributed by atoms with Crippen LogP contribution in [0.3, 0.4) is 0 Å². The molecule has 1 aromatic heterocycles. The first-order chi connectivity index (χ1) is 16.3. The van der Waals surface area contributed by atoms with Crippen molar-refractivity contribution in [2.75, 3.05) is 45.2 Å². The van der Waals surface area contributed by atoms with Crippen LogP contribution in [0.15, 0.2) is 41.6 Å². The Hall–Kier alpha value is -2.20. The molecule has 0 radical (unpaired) electrons. The number of carbonyl (C=O) groups excluding carboxylic acids is 1. The average Bonchev–Trinajstić information content (AvgIpc) is 3.67. The number of aldehydes is 1. The molecule has 10 heteroatoms. The number of aliphatic hydroxyl groups is 1. The van der Waals surface area contributed by atoms with Crippen LogP contribution in [0.4, 0.5) is 5.69 Å². The number of piperidine rings is 1. The van der Waals surface area contributed by atoms with Gasteiger partial charge in [-0.15, -0.1) is 0 Å². The van der Waals surface area contributed by atoms with Gasteiger partial charge in [-0.1, -0.05) is 11.6 Å². The predicted octanol–water partition coefficient (Wildman–Crippen LogP) is 2.69. The Kier molecular flexibility index (Phi) is 7.19. The number of ether oxygens (including phenoxy) is 1. The van der Waals surface area contributed by atoms with Crippen molar-refractivity contribution in [3.8, 4) is 5.75 Å². The van der Waals surface area contributed by atoms with Crippen LogP contribution in [-0.4, -0.2) is 74.3 Å². The number of nitrogens with one attached hydrogen (secondary N) is 1. The van der Waals surface area contributed by atoms with Crippen molar-refractivity contribution in [2.45, 2.75) is 40.9 Å². The first-order valence-corrected chi connectivity index (χ1v) is 13.3. The van der Waals surface area contributed by atoms with Crippen LogP contribution in [0.5, 0.6) is 5.75 Å². The highest BCUT2D eigenvalue weighted by molar-refractivity contribution is 7.93. The van der Waals surface area contributed by atoms with Gasteiger partial charge in [-0.2, -0.15) is 0 Å². The maximum absolute atomic E-state index is 12.6. The third-order valence-corrected chi connectivity index (χ3v) is 9.79. The summed E-state index contributed by atoms with van der Waals surface area (Å²) >= 11 is 6.21. The van der Waals surface area contributed by atoms with E-state index >= 15 is 0 Å². The van der Waals surface area contributed by atoms with Gasteiger partial charge in [-0.3, -0.25) is 4.90 Å². The van der Waals surface area contributed by atoms with Crippen molar-refractivity contribution in [1.29, 1.82) is 0 Å². The molecule has 184 valence electrons. The summed E-state index contributed by atoms with van der Waals surface area (Å²) in [6, 6.07) is 8.63. The number of nitrogens with zero attached hydrogens (tertiary/aromatic N) is 2. The highest BCUT2D eigenvalue weighted by Gasteiger charge is 2.55. The summed E-state index contributed by atoms with van der Waals surface area (Å²) in [6.45, 7) is 2.20. The van der Waals surface area contributed by atoms with Gasteiger partial charge in [-0.25, -0.2) is 13.4 Å². The van der Waals surface area contributed by atoms with Gasteiger partial charge in [0.25, 0.3) is 0 Å². The van der Waals surface area contributed by atoms with E-state index in [1.165, 1.54) is 12.3 Å². The number of rotatable bonds is 10. The van der Waals surface area contributed by atoms with E-state index in [-0.39, 0.29) is 11.6 Å². The number of sulfone groups is 1. The lowest BCUT2D eigenvalue weighted by Crippen LogP contribution is -2.45. The predicted molar refractivity (Wildman–Crippen MR) is 130 cm³/mol. The molecule has 1 aliphatic carbocycles. The standard InChI is InChI=1S/C24H30ClN3O5S/c1-26-21-4-2-18(25)14-20(21)23(16-29)8-10-28(11-9-23)12-13-33-19-3-5-22(27-15-19)34(31,32)24(17-30)6-7-24/h2-5,14-16,26,30H,6-13,17H2,1H3. The second-order valence-electron chi connectivity index (χ2n) is 9.08. The van der Waals surface area contributed by atoms with E-state index in [9.17, 15) is 18.3 Å². The SMILES string of the molecule is CNc1ccc(Cl)cc1C1(C=O)CCN(CCOc2ccc(S(=O)(=O)C3(CO)CC3)nc2)CC1. The van der Waals surface area contributed by atoms with Gasteiger partial charge in [-0.05, 0) is 74.7 Å². The second-order valence-corrected chi connectivity index (χ2v) is 11.8. The smallest absolute Gasteiger partial charge is 0.203 e. The van der Waals surface area contributed by atoms with Gasteiger partial charge in [0.2, 0.25) is 9.84 Å². The van der Waals surface area contributed by atoms with Crippen LogP contribution < -0.4 is 10.1 Å². The van der Waals surface area contributed by atoms with Crippen molar-refractivity contribution in [3.05, 3.63) is 47.1 Å². The first kappa shape index (κ1) is 24.9. The molecule has 1 aromatic carbocycles. The number of pyridine rings is 1. The first-order valence-electron chi connectivity index (χ1n) is 11.4. The molecular weight excluding hydrogens is 478 g/mol. The molecule has 0 amide bonds. The Labute approximate surface area is 205 Å². The molecule has 8 nitrogen and oxygen atoms in total. The number of halogens is 1. The van der Waals surface area contributed by atoms with Crippen molar-refractivity contribution in [2.24, 2.45) is 0 Å². The quantitative estimate of drug-likeness (QED) is 0.472. The summed E-state index contributed by atoms with van der Waals surface area (Å²) < 4.78 is 29.9. The van der Waals surface area contributed by atoms with Crippen molar-refractivity contribution < 1.29 is 23.1 Å². The van der Waals surface area contributed by atoms with E-state index < -0.39 is 20.0 Å². The molecule has 2 N–H and O–H groups in total. The van der Waals surface area contributed by atoms with Crippen molar-refractivity contribution >= 4 is 33.4 Å². The van der Waals surface area contributed by atoms with Gasteiger partial charge in [0, 0.05) is 24.3 Å². The lowest BCUT2D eigenvalue weighted by atomic mass is 9.73. The molecule has 0 bridgehead atoms. The highest BCUT2D eigenvalue weighted by Crippen LogP contribution is 2.46. The minimum atomic E-state index is -3.64. The summed E-state index contributed by atoms with van der Waals surface area (Å²) in [6.07, 6.45) is 4.75. The third-order valence-electron chi connectivity index (χ3n) is 7.09. The minimum Gasteiger partial charge on any atom is -0.491 e. The Morgan fingerprint density at radius 2 is 1.94 bits per heavy atom. The summed E-state index contributed by atoms with van der Waals surface area (Å²) in [7, 11) is -1.80. The summed E-state index contributed by atoms with van der Waals surface area (Å²) in [5.74, 6) is 0.490. The second kappa shape index (κ2) is 9.81. The Morgan fingerprint density at radius 3 is 2.50 bits per heavy atom. The molecular formula is C24H30ClN3O5S. The van der Waals surface area contributed by atoms with Crippen LogP contribution in [-0.2, 0) is 20.0 Å². The van der Waals surface area contributed by atoms with E-state index in [2.05, 4.69) is 15.2 Å². The number of hydrogen-bond acceptors (Lipinski definition) is 8. The molecule has 2 fully saturated rings. The number of benzene rings is 1. The lowest BCUT2D eigenvalue weighted by molar-refractivity contribution is -0.114. The fraction of sp³-hybridized carbons (Fsp3) is 0.500. The van der Waals surface area contributed by atoms with E-state index in [0.717, 1.165) is 30.6 Å². The van der Waals surface area contributed by atoms with Crippen molar-refractivity contribution in [3.63, 3.8) is 0 Å². The summed E-state index contributed by atoms with van der Waals surface area (Å²) in [4.78, 5) is 18.5. The van der Waals surface area contributed by atoms with E-state index in [1.54, 1.807) is 6.07 Å². The molecule has 2 aromatic rings. The molecule has 1 saturated heterocycles. The van der Waals surface area contributed by atoms with E-state index in [1.807, 2.05) is 25.2 Å². The zero-order valence-electron chi connectivity index (χ0n) is 19.2. The van der Waals surface area contributed by atoms with Gasteiger partial charge < -0.3 is 20.0 Å². The maximum atomic E-state index is 12.6. The summed E-state index contributed by atoms with van der Waals surface area (Å²) in [5, 5.41) is 13.2. The summed E-state index contributed by atoms with van der Waals surface area (Å²) in [5.41, 5.74) is 1.28. The topological polar surface area (TPSA) is 109 Å². The van der Waals surface area contributed by atoms with Gasteiger partial charge in [0.15, 0.2) is 5.03 Å². The molecule has 1 saturated carbocycles. The molecule has 1 aliphatic heterocycles. The number of hydrogen-bond donors (Lipinski definition) is 2. The van der Waals surface area contributed by atoms with Gasteiger partial charge >= 0.3 is 0 Å². The van der Waals surface area contributed by atoms with E-state index in [0.29, 0.717) is 49.6 Å². The lowest BCUT2D eigenvalue weighted by Gasteiger charge is -2.39. The average molecular weight is 508 g/mol. The number of aliphatic hydroxyl groups excluding tert-OH is 1. The molecule has 2 aliphatic rings. The molecule has 0 atom stereocenters. The minimum absolute atomic E-state index is 0.0328. The Balaban J connectivity index is 1.31. The van der Waals surface area contributed by atoms with Gasteiger partial charge in [0.1, 0.15) is 23.4 Å². The number of carbonyl (C=O) groups is 1. The van der Waals surface area contributed by atoms with Crippen molar-refractivity contribution in [1.82, 2.24) is 9.88 Å². The molecule has 4 rings (SSSR count). The molecule has 34 heavy (non-hydrogen) atoms. The number of likely N-dealkylation sites (tertiary alicyclic amines) is 1. The largest absolute Gasteiger partial charge is 0.491 e. The Morgan fingerprint density at radius 1 is 1.21 bits per heavy atom. The maximum Gasteiger partial charge on any atom is 0.203 e. The Bertz CT molecular complexity index is 1130. The molecule has 0 unspecified atom stereocenters. The van der Waals surface area contributed by atoms with Crippen LogP contribution >= 0.6 is 11.6 Å². The fourth-order valence-corrected chi connectivity index (χ4v) is 6.41. The third kappa shape index (κ3) is 4.66. The zero-order valence-corrected chi connectivity index (χ0v) is 20.7. The van der Waals surface area contributed by atoms with E-state index in [4.69, 9.17) is 16.3 Å². The van der Waals surface area contributed by atoms with Crippen LogP contribution in [0.1, 0.15) is 31.2 Å². The fourth-order valence-electron chi connectivity index (χ4n) is 4.55. The monoisotopic (exact) mass is 507 g/mol. The zero-order chi connectivity index (χ0) is 24.4. The van der Waals surface area contributed by atoms with Crippen LogP contribution in [0.25, 0.3) is 0 Å². The molecule has 0 spiro atoms. The number of aromatic nitrogens is 1. The van der Waals surface area contributed by atoms with Crippen LogP contribution in [0.2, 0.25) is 5.02 Å². The van der Waals surface area contributed by atoms with Gasteiger partial charge in [0.05, 0.1) is 18.2 Å². The number of anilines is 1.